The molecular weight excluding hydrogens is 193 g/mol. The summed E-state index contributed by atoms with van der Waals surface area (Å²) in [6.07, 6.45) is -5.08. The molecular formula is C10H10F3O. The largest absolute Gasteiger partial charge is 0.493 e. The molecule has 0 saturated heterocycles. The zero-order chi connectivity index (χ0) is 10.6. The molecule has 14 heavy (non-hydrogen) atoms. The first-order chi connectivity index (χ1) is 6.49. The maximum absolute atomic E-state index is 11.8. The summed E-state index contributed by atoms with van der Waals surface area (Å²) in [6.45, 7) is 1.42. The maximum Gasteiger partial charge on any atom is 0.392 e. The third kappa shape index (κ3) is 3.68. The van der Waals surface area contributed by atoms with Gasteiger partial charge in [0.05, 0.1) is 13.0 Å². The average Bonchev–Trinajstić information content (AvgIpc) is 2.06. The topological polar surface area (TPSA) is 9.23 Å². The Balaban J connectivity index is 2.43. The lowest BCUT2D eigenvalue weighted by Crippen LogP contribution is -2.13. The van der Waals surface area contributed by atoms with Gasteiger partial charge < -0.3 is 4.74 Å². The van der Waals surface area contributed by atoms with Crippen LogP contribution in [0.15, 0.2) is 18.2 Å². The van der Waals surface area contributed by atoms with E-state index in [4.69, 9.17) is 4.74 Å². The SMILES string of the molecule is Cc1c[c]ccc1OCCC(F)(F)F. The second kappa shape index (κ2) is 4.35. The van der Waals surface area contributed by atoms with Gasteiger partial charge in [-0.25, -0.2) is 0 Å². The Labute approximate surface area is 80.5 Å². The van der Waals surface area contributed by atoms with Gasteiger partial charge in [-0.05, 0) is 30.7 Å². The molecule has 1 rings (SSSR count). The van der Waals surface area contributed by atoms with E-state index in [0.29, 0.717) is 5.75 Å². The van der Waals surface area contributed by atoms with Crippen molar-refractivity contribution in [1.29, 1.82) is 0 Å². The Morgan fingerprint density at radius 2 is 2.14 bits per heavy atom. The summed E-state index contributed by atoms with van der Waals surface area (Å²) in [5.41, 5.74) is 0.787. The Kier molecular flexibility index (Phi) is 3.38. The van der Waals surface area contributed by atoms with Crippen molar-refractivity contribution in [3.8, 4) is 5.75 Å². The van der Waals surface area contributed by atoms with Crippen molar-refractivity contribution in [3.63, 3.8) is 0 Å². The fourth-order valence-electron chi connectivity index (χ4n) is 0.938. The predicted molar refractivity (Wildman–Crippen MR) is 46.2 cm³/mol. The van der Waals surface area contributed by atoms with Gasteiger partial charge in [-0.3, -0.25) is 0 Å². The van der Waals surface area contributed by atoms with E-state index in [2.05, 4.69) is 6.07 Å². The first-order valence-corrected chi connectivity index (χ1v) is 4.15. The lowest BCUT2D eigenvalue weighted by Gasteiger charge is -2.09. The molecule has 0 heterocycles. The van der Waals surface area contributed by atoms with Crippen LogP contribution in [0.25, 0.3) is 0 Å². The van der Waals surface area contributed by atoms with E-state index < -0.39 is 12.6 Å². The van der Waals surface area contributed by atoms with Crippen molar-refractivity contribution in [2.75, 3.05) is 6.61 Å². The second-order valence-electron chi connectivity index (χ2n) is 2.91. The van der Waals surface area contributed by atoms with Crippen molar-refractivity contribution in [2.24, 2.45) is 0 Å². The fraction of sp³-hybridized carbons (Fsp3) is 0.400. The summed E-state index contributed by atoms with van der Waals surface area (Å²) >= 11 is 0. The van der Waals surface area contributed by atoms with Crippen LogP contribution in [0.1, 0.15) is 12.0 Å². The number of hydrogen-bond acceptors (Lipinski definition) is 1. The second-order valence-corrected chi connectivity index (χ2v) is 2.91. The Morgan fingerprint density at radius 1 is 1.43 bits per heavy atom. The summed E-state index contributed by atoms with van der Waals surface area (Å²) in [5, 5.41) is 0. The summed E-state index contributed by atoms with van der Waals surface area (Å²) < 4.78 is 40.3. The Bertz CT molecular complexity index is 294. The van der Waals surface area contributed by atoms with Crippen LogP contribution in [0, 0.1) is 13.0 Å². The molecule has 0 amide bonds. The molecule has 1 aromatic carbocycles. The molecule has 1 nitrogen and oxygen atoms in total. The number of halogens is 3. The first-order valence-electron chi connectivity index (χ1n) is 4.15. The quantitative estimate of drug-likeness (QED) is 0.733. The molecule has 0 bridgehead atoms. The van der Waals surface area contributed by atoms with Gasteiger partial charge in [-0.1, -0.05) is 6.07 Å². The van der Waals surface area contributed by atoms with Crippen LogP contribution >= 0.6 is 0 Å². The minimum Gasteiger partial charge on any atom is -0.493 e. The van der Waals surface area contributed by atoms with Crippen molar-refractivity contribution in [1.82, 2.24) is 0 Å². The first kappa shape index (κ1) is 10.9. The van der Waals surface area contributed by atoms with E-state index in [1.807, 2.05) is 0 Å². The lowest BCUT2D eigenvalue weighted by atomic mass is 10.2. The minimum atomic E-state index is -4.16. The van der Waals surface area contributed by atoms with Crippen LogP contribution in [0.4, 0.5) is 13.2 Å². The minimum absolute atomic E-state index is 0.339. The van der Waals surface area contributed by atoms with Crippen LogP contribution in [0.3, 0.4) is 0 Å². The van der Waals surface area contributed by atoms with E-state index in [9.17, 15) is 13.2 Å². The maximum atomic E-state index is 11.8. The Morgan fingerprint density at radius 3 is 2.71 bits per heavy atom. The molecule has 0 aliphatic rings. The van der Waals surface area contributed by atoms with Crippen molar-refractivity contribution >= 4 is 0 Å². The molecule has 0 aliphatic heterocycles. The van der Waals surface area contributed by atoms with Gasteiger partial charge in [0.1, 0.15) is 5.75 Å². The highest BCUT2D eigenvalue weighted by molar-refractivity contribution is 5.31. The number of aryl methyl sites for hydroxylation is 1. The zero-order valence-corrected chi connectivity index (χ0v) is 7.69. The highest BCUT2D eigenvalue weighted by Gasteiger charge is 2.26. The van der Waals surface area contributed by atoms with Crippen LogP contribution in [0.2, 0.25) is 0 Å². The number of hydrogen-bond donors (Lipinski definition) is 0. The van der Waals surface area contributed by atoms with Gasteiger partial charge in [-0.2, -0.15) is 13.2 Å². The normalized spacial score (nSPS) is 11.4. The number of benzene rings is 1. The number of rotatable bonds is 3. The monoisotopic (exact) mass is 203 g/mol. The standard InChI is InChI=1S/C10H10F3O/c1-8-4-2-3-5-9(8)14-7-6-10(11,12)13/h3-5H,6-7H2,1H3. The van der Waals surface area contributed by atoms with Crippen molar-refractivity contribution in [2.45, 2.75) is 19.5 Å². The number of alkyl halides is 3. The molecule has 0 aliphatic carbocycles. The summed E-state index contributed by atoms with van der Waals surface area (Å²) in [7, 11) is 0. The summed E-state index contributed by atoms with van der Waals surface area (Å²) in [6, 6.07) is 7.69. The smallest absolute Gasteiger partial charge is 0.392 e. The van der Waals surface area contributed by atoms with Gasteiger partial charge in [-0.15, -0.1) is 0 Å². The lowest BCUT2D eigenvalue weighted by molar-refractivity contribution is -0.139. The molecule has 0 spiro atoms. The van der Waals surface area contributed by atoms with Crippen molar-refractivity contribution in [3.05, 3.63) is 29.8 Å². The highest BCUT2D eigenvalue weighted by Crippen LogP contribution is 2.21. The van der Waals surface area contributed by atoms with Gasteiger partial charge in [0.25, 0.3) is 0 Å². The molecule has 1 aromatic rings. The predicted octanol–water partition coefficient (Wildman–Crippen LogP) is 3.13. The molecule has 77 valence electrons. The molecule has 0 atom stereocenters. The summed E-state index contributed by atoms with van der Waals surface area (Å²) in [5.74, 6) is 0.480. The molecule has 0 N–H and O–H groups in total. The van der Waals surface area contributed by atoms with Crippen molar-refractivity contribution < 1.29 is 17.9 Å². The highest BCUT2D eigenvalue weighted by atomic mass is 19.4. The van der Waals surface area contributed by atoms with Gasteiger partial charge in [0.2, 0.25) is 0 Å². The molecule has 0 unspecified atom stereocenters. The molecule has 0 aromatic heterocycles. The van der Waals surface area contributed by atoms with E-state index in [1.165, 1.54) is 0 Å². The van der Waals surface area contributed by atoms with E-state index in [0.717, 1.165) is 5.56 Å². The van der Waals surface area contributed by atoms with E-state index in [-0.39, 0.29) is 6.61 Å². The van der Waals surface area contributed by atoms with E-state index >= 15 is 0 Å². The fourth-order valence-corrected chi connectivity index (χ4v) is 0.938. The van der Waals surface area contributed by atoms with Gasteiger partial charge in [0.15, 0.2) is 0 Å². The average molecular weight is 203 g/mol. The molecule has 4 heteroatoms. The number of ether oxygens (including phenoxy) is 1. The summed E-state index contributed by atoms with van der Waals surface area (Å²) in [4.78, 5) is 0. The van der Waals surface area contributed by atoms with Crippen LogP contribution in [-0.4, -0.2) is 12.8 Å². The van der Waals surface area contributed by atoms with Crippen LogP contribution < -0.4 is 4.74 Å². The van der Waals surface area contributed by atoms with Gasteiger partial charge >= 0.3 is 6.18 Å². The third-order valence-electron chi connectivity index (χ3n) is 1.66. The van der Waals surface area contributed by atoms with Crippen LogP contribution in [0.5, 0.6) is 5.75 Å². The zero-order valence-electron chi connectivity index (χ0n) is 7.69. The molecule has 0 fully saturated rings. The van der Waals surface area contributed by atoms with Crippen LogP contribution in [-0.2, 0) is 0 Å². The Hall–Kier alpha value is -1.19. The molecule has 1 radical (unpaired) electrons. The molecule has 0 saturated carbocycles. The van der Waals surface area contributed by atoms with E-state index in [1.54, 1.807) is 25.1 Å². The third-order valence-corrected chi connectivity index (χ3v) is 1.66. The van der Waals surface area contributed by atoms with Gasteiger partial charge in [0, 0.05) is 0 Å².